The smallest absolute Gasteiger partial charge is 0.0722 e. The first-order chi connectivity index (χ1) is 24.4. The summed E-state index contributed by atoms with van der Waals surface area (Å²) < 4.78 is 0. The number of aliphatic imine (C=N–C) groups is 1. The molecular weight excluding hydrogens is 605 g/mol. The molecule has 2 atom stereocenters. The molecule has 5 rings (SSSR count). The molecule has 0 saturated carbocycles. The number of fused-ring (bicyclic) bond motifs is 1. The summed E-state index contributed by atoms with van der Waals surface area (Å²) in [7, 11) is 0. The molecule has 2 unspecified atom stereocenters. The topological polar surface area (TPSA) is 25.2 Å². The largest absolute Gasteiger partial charge is 0.285 e. The summed E-state index contributed by atoms with van der Waals surface area (Å²) in [6.45, 7) is 15.5. The van der Waals surface area contributed by atoms with Gasteiger partial charge in [0.15, 0.2) is 0 Å². The van der Waals surface area contributed by atoms with Crippen LogP contribution in [0.25, 0.3) is 33.7 Å². The van der Waals surface area contributed by atoms with Gasteiger partial charge in [0.05, 0.1) is 11.7 Å². The number of aromatic nitrogens is 1. The van der Waals surface area contributed by atoms with Crippen molar-refractivity contribution in [3.8, 4) is 11.3 Å². The van der Waals surface area contributed by atoms with Crippen molar-refractivity contribution in [2.75, 3.05) is 0 Å². The van der Waals surface area contributed by atoms with Gasteiger partial charge in [-0.2, -0.15) is 0 Å². The number of rotatable bonds is 13. The molecule has 1 aromatic heterocycles. The van der Waals surface area contributed by atoms with Crippen LogP contribution in [-0.4, -0.2) is 11.2 Å². The maximum absolute atomic E-state index is 4.86. The lowest BCUT2D eigenvalue weighted by molar-refractivity contribution is 0.796. The third-order valence-electron chi connectivity index (χ3n) is 9.91. The Bertz CT molecular complexity index is 2010. The molecule has 0 spiro atoms. The lowest BCUT2D eigenvalue weighted by Crippen LogP contribution is -2.08. The zero-order valence-electron chi connectivity index (χ0n) is 31.2. The predicted molar refractivity (Wildman–Crippen MR) is 220 cm³/mol. The molecule has 4 aromatic rings. The summed E-state index contributed by atoms with van der Waals surface area (Å²) in [4.78, 5) is 9.56. The Balaban J connectivity index is 1.66. The van der Waals surface area contributed by atoms with Gasteiger partial charge in [0.1, 0.15) is 0 Å². The molecule has 0 saturated heterocycles. The zero-order chi connectivity index (χ0) is 35.5. The number of hydrogen-bond donors (Lipinski definition) is 0. The van der Waals surface area contributed by atoms with Gasteiger partial charge in [-0.15, -0.1) is 0 Å². The van der Waals surface area contributed by atoms with Gasteiger partial charge in [0.25, 0.3) is 0 Å². The van der Waals surface area contributed by atoms with Crippen molar-refractivity contribution in [1.82, 2.24) is 4.98 Å². The monoisotopic (exact) mass is 658 g/mol. The van der Waals surface area contributed by atoms with Crippen molar-refractivity contribution < 1.29 is 0 Å². The molecule has 2 heteroatoms. The molecule has 1 heterocycles. The summed E-state index contributed by atoms with van der Waals surface area (Å²) >= 11 is 0. The Morgan fingerprint density at radius 1 is 0.920 bits per heavy atom. The van der Waals surface area contributed by atoms with Crippen LogP contribution in [0.1, 0.15) is 113 Å². The Kier molecular flexibility index (Phi) is 12.9. The van der Waals surface area contributed by atoms with E-state index < -0.39 is 0 Å². The lowest BCUT2D eigenvalue weighted by Gasteiger charge is -2.27. The van der Waals surface area contributed by atoms with E-state index in [9.17, 15) is 0 Å². The molecule has 0 aliphatic heterocycles. The molecule has 256 valence electrons. The molecule has 0 amide bonds. The molecule has 50 heavy (non-hydrogen) atoms. The fourth-order valence-electron chi connectivity index (χ4n) is 7.08. The normalized spacial score (nSPS) is 15.7. The molecular formula is C48H54N2. The molecule has 0 bridgehead atoms. The van der Waals surface area contributed by atoms with E-state index >= 15 is 0 Å². The lowest BCUT2D eigenvalue weighted by atomic mass is 9.77. The van der Waals surface area contributed by atoms with Gasteiger partial charge in [-0.05, 0) is 132 Å². The van der Waals surface area contributed by atoms with E-state index in [0.29, 0.717) is 0 Å². The average molecular weight is 659 g/mol. The highest BCUT2D eigenvalue weighted by Gasteiger charge is 2.24. The van der Waals surface area contributed by atoms with Crippen molar-refractivity contribution in [2.45, 2.75) is 92.5 Å². The van der Waals surface area contributed by atoms with Crippen LogP contribution >= 0.6 is 0 Å². The minimum atomic E-state index is 0.0536. The maximum atomic E-state index is 4.86. The van der Waals surface area contributed by atoms with Crippen LogP contribution in [0.5, 0.6) is 0 Å². The molecule has 0 fully saturated rings. The molecule has 0 radical (unpaired) electrons. The van der Waals surface area contributed by atoms with Gasteiger partial charge in [-0.3, -0.25) is 9.98 Å². The van der Waals surface area contributed by atoms with Crippen LogP contribution in [0.3, 0.4) is 0 Å². The average Bonchev–Trinajstić information content (AvgIpc) is 3.15. The summed E-state index contributed by atoms with van der Waals surface area (Å²) in [6.07, 6.45) is 26.9. The number of pyridine rings is 1. The van der Waals surface area contributed by atoms with Gasteiger partial charge >= 0.3 is 0 Å². The Hall–Kier alpha value is -4.82. The number of allylic oxidation sites excluding steroid dienone is 11. The van der Waals surface area contributed by atoms with Crippen molar-refractivity contribution in [3.63, 3.8) is 0 Å². The highest BCUT2D eigenvalue weighted by atomic mass is 14.8. The van der Waals surface area contributed by atoms with Crippen LogP contribution < -0.4 is 0 Å². The molecule has 3 aromatic carbocycles. The predicted octanol–water partition coefficient (Wildman–Crippen LogP) is 13.9. The van der Waals surface area contributed by atoms with Gasteiger partial charge < -0.3 is 0 Å². The minimum Gasteiger partial charge on any atom is -0.285 e. The van der Waals surface area contributed by atoms with Crippen LogP contribution in [0.15, 0.2) is 137 Å². The highest BCUT2D eigenvalue weighted by Crippen LogP contribution is 2.43. The van der Waals surface area contributed by atoms with E-state index in [1.807, 2.05) is 31.5 Å². The van der Waals surface area contributed by atoms with Crippen LogP contribution in [0.4, 0.5) is 0 Å². The van der Waals surface area contributed by atoms with Gasteiger partial charge in [0, 0.05) is 23.9 Å². The van der Waals surface area contributed by atoms with E-state index in [1.165, 1.54) is 55.3 Å². The van der Waals surface area contributed by atoms with E-state index in [-0.39, 0.29) is 12.0 Å². The van der Waals surface area contributed by atoms with Gasteiger partial charge in [-0.1, -0.05) is 124 Å². The van der Waals surface area contributed by atoms with Crippen molar-refractivity contribution in [3.05, 3.63) is 160 Å². The van der Waals surface area contributed by atoms with Crippen molar-refractivity contribution in [2.24, 2.45) is 4.99 Å². The zero-order valence-corrected chi connectivity index (χ0v) is 31.2. The Morgan fingerprint density at radius 2 is 1.72 bits per heavy atom. The number of hydrogen-bond acceptors (Lipinski definition) is 2. The molecule has 1 aliphatic carbocycles. The standard InChI is InChI=1S/C48H54N2/c1-8-12-19-37(11-4)48(40-28-27-34(5)38(32-40)20-13-9-2)46-22-16-15-21-42(46)35(6)41-23-17-25-44-43(41)24-18-26-45(44)47-33-39(29-31-50-47)36(7)49-30-14-10-3/h10,12-14,16-20,22-33,35-36H,8-9,11,15,21H2,1-7H3/b14-10-,19-12-,20-13-,48-37+,49-30-. The van der Waals surface area contributed by atoms with Crippen LogP contribution in [0.2, 0.25) is 0 Å². The Labute approximate surface area is 301 Å². The maximum Gasteiger partial charge on any atom is 0.0722 e. The first kappa shape index (κ1) is 36.5. The fraction of sp³-hybridized carbons (Fsp3) is 0.292. The number of nitrogens with zero attached hydrogens (tertiary/aromatic N) is 2. The fourth-order valence-corrected chi connectivity index (χ4v) is 7.08. The highest BCUT2D eigenvalue weighted by molar-refractivity contribution is 5.98. The van der Waals surface area contributed by atoms with Gasteiger partial charge in [-0.25, -0.2) is 0 Å². The summed E-state index contributed by atoms with van der Waals surface area (Å²) in [6, 6.07) is 24.9. The number of benzene rings is 3. The van der Waals surface area contributed by atoms with E-state index in [1.54, 1.807) is 0 Å². The first-order valence-electron chi connectivity index (χ1n) is 18.6. The molecule has 2 nitrogen and oxygen atoms in total. The molecule has 0 N–H and O–H groups in total. The van der Waals surface area contributed by atoms with E-state index in [2.05, 4.69) is 145 Å². The first-order valence-corrected chi connectivity index (χ1v) is 18.6. The number of aryl methyl sites for hydroxylation is 1. The van der Waals surface area contributed by atoms with Crippen molar-refractivity contribution in [1.29, 1.82) is 0 Å². The summed E-state index contributed by atoms with van der Waals surface area (Å²) in [5.74, 6) is 0.238. The second kappa shape index (κ2) is 17.7. The molecule has 1 aliphatic rings. The van der Waals surface area contributed by atoms with Crippen LogP contribution in [0, 0.1) is 6.92 Å². The SMILES string of the molecule is C/C=C\C=N/C(C)c1ccnc(-c2cccc3c(C(C)C4=C(/C(=C(/C=C\CC)CC)c5ccc(C)c(/C=C\CC)c5)C=CCC4)cccc23)c1. The van der Waals surface area contributed by atoms with Crippen LogP contribution in [-0.2, 0) is 0 Å². The Morgan fingerprint density at radius 3 is 2.50 bits per heavy atom. The van der Waals surface area contributed by atoms with E-state index in [4.69, 9.17) is 9.98 Å². The summed E-state index contributed by atoms with van der Waals surface area (Å²) in [5.41, 5.74) is 14.2. The second-order valence-corrected chi connectivity index (χ2v) is 13.3. The minimum absolute atomic E-state index is 0.0536. The summed E-state index contributed by atoms with van der Waals surface area (Å²) in [5, 5.41) is 2.53. The third kappa shape index (κ3) is 8.30. The van der Waals surface area contributed by atoms with E-state index in [0.717, 1.165) is 48.9 Å². The second-order valence-electron chi connectivity index (χ2n) is 13.3. The quantitative estimate of drug-likeness (QED) is 0.104. The van der Waals surface area contributed by atoms with Crippen molar-refractivity contribution >= 4 is 28.6 Å². The van der Waals surface area contributed by atoms with Gasteiger partial charge in [0.2, 0.25) is 0 Å². The third-order valence-corrected chi connectivity index (χ3v) is 9.91.